The highest BCUT2D eigenvalue weighted by Gasteiger charge is 2.28. The Morgan fingerprint density at radius 1 is 0.755 bits per heavy atom. The first-order valence-electron chi connectivity index (χ1n) is 15.3. The Bertz CT molecular complexity index is 1440. The minimum Gasteiger partial charge on any atom is -0.480 e. The summed E-state index contributed by atoms with van der Waals surface area (Å²) in [4.78, 5) is 85.6. The summed E-state index contributed by atoms with van der Waals surface area (Å²) in [6, 6.07) is 12.4. The molecule has 0 bridgehead atoms. The molecule has 16 nitrogen and oxygen atoms in total. The van der Waals surface area contributed by atoms with Crippen molar-refractivity contribution in [2.45, 2.75) is 50.5 Å². The fraction of sp³-hybridized carbons (Fsp3) is 0.406. The van der Waals surface area contributed by atoms with E-state index >= 15 is 0 Å². The molecule has 0 aliphatic carbocycles. The van der Waals surface area contributed by atoms with Gasteiger partial charge in [-0.1, -0.05) is 42.5 Å². The first kappa shape index (κ1) is 40.3. The van der Waals surface area contributed by atoms with E-state index < -0.39 is 67.0 Å². The topological polar surface area (TPSA) is 252 Å². The highest BCUT2D eigenvalue weighted by atomic mass is 32.1. The van der Waals surface area contributed by atoms with Gasteiger partial charge in [-0.05, 0) is 31.4 Å². The highest BCUT2D eigenvalue weighted by Crippen LogP contribution is 2.12. The van der Waals surface area contributed by atoms with Gasteiger partial charge in [0.1, 0.15) is 12.1 Å². The predicted molar refractivity (Wildman–Crippen MR) is 178 cm³/mol. The van der Waals surface area contributed by atoms with Crippen LogP contribution in [0.5, 0.6) is 0 Å². The summed E-state index contributed by atoms with van der Waals surface area (Å²) in [6.07, 6.45) is -1.75. The summed E-state index contributed by atoms with van der Waals surface area (Å²) in [5.74, 6) is -5.08. The number of carboxylic acid groups (broad SMARTS) is 2. The van der Waals surface area contributed by atoms with Gasteiger partial charge in [-0.2, -0.15) is 12.6 Å². The van der Waals surface area contributed by atoms with E-state index in [1.807, 2.05) is 0 Å². The molecular weight excluding hydrogens is 662 g/mol. The van der Waals surface area contributed by atoms with Crippen molar-refractivity contribution in [2.75, 3.05) is 32.1 Å². The molecule has 4 amide bonds. The maximum Gasteiger partial charge on any atom is 0.320 e. The van der Waals surface area contributed by atoms with Crippen LogP contribution < -0.4 is 21.3 Å². The van der Waals surface area contributed by atoms with Crippen molar-refractivity contribution in [1.82, 2.24) is 26.2 Å². The third-order valence-corrected chi connectivity index (χ3v) is 7.42. The Labute approximate surface area is 287 Å². The Morgan fingerprint density at radius 3 is 1.96 bits per heavy atom. The molecule has 0 fully saturated rings. The summed E-state index contributed by atoms with van der Waals surface area (Å²) in [5.41, 5.74) is 1.19. The van der Waals surface area contributed by atoms with Crippen LogP contribution in [0.2, 0.25) is 0 Å². The van der Waals surface area contributed by atoms with Crippen LogP contribution in [0.25, 0.3) is 0 Å². The van der Waals surface area contributed by atoms with Crippen molar-refractivity contribution < 1.29 is 54.0 Å². The molecule has 49 heavy (non-hydrogen) atoms. The molecule has 0 radical (unpaired) electrons. The van der Waals surface area contributed by atoms with E-state index in [4.69, 9.17) is 15.3 Å². The molecule has 2 atom stereocenters. The van der Waals surface area contributed by atoms with Gasteiger partial charge in [0.05, 0.1) is 19.8 Å². The molecule has 2 aromatic rings. The molecule has 0 saturated carbocycles. The molecule has 0 aliphatic rings. The van der Waals surface area contributed by atoms with Crippen LogP contribution in [0.3, 0.4) is 0 Å². The van der Waals surface area contributed by atoms with E-state index in [1.165, 1.54) is 24.3 Å². The van der Waals surface area contributed by atoms with E-state index in [2.05, 4.69) is 33.9 Å². The maximum absolute atomic E-state index is 12.5. The third kappa shape index (κ3) is 14.9. The predicted octanol–water partition coefficient (Wildman–Crippen LogP) is -0.647. The number of ketones is 1. The zero-order valence-electron chi connectivity index (χ0n) is 26.5. The van der Waals surface area contributed by atoms with Gasteiger partial charge in [-0.25, -0.2) is 0 Å². The molecule has 0 aliphatic heterocycles. The molecule has 17 heteroatoms. The van der Waals surface area contributed by atoms with E-state index in [0.717, 1.165) is 4.90 Å². The minimum atomic E-state index is -1.92. The lowest BCUT2D eigenvalue weighted by Gasteiger charge is -2.27. The lowest BCUT2D eigenvalue weighted by molar-refractivity contribution is -0.150. The molecule has 0 aromatic heterocycles. The number of benzene rings is 2. The molecule has 8 N–H and O–H groups in total. The average molecular weight is 704 g/mol. The van der Waals surface area contributed by atoms with Gasteiger partial charge in [0, 0.05) is 41.8 Å². The normalized spacial score (nSPS) is 12.1. The molecule has 0 heterocycles. The van der Waals surface area contributed by atoms with E-state index in [1.54, 1.807) is 30.3 Å². The Hall–Kier alpha value is -4.84. The lowest BCUT2D eigenvalue weighted by atomic mass is 10.0. The third-order valence-electron chi connectivity index (χ3n) is 7.06. The van der Waals surface area contributed by atoms with Gasteiger partial charge in [-0.15, -0.1) is 0 Å². The summed E-state index contributed by atoms with van der Waals surface area (Å²) in [5, 5.41) is 46.8. The van der Waals surface area contributed by atoms with E-state index in [9.17, 15) is 38.7 Å². The number of unbranched alkanes of at least 4 members (excludes halogenated alkanes) is 1. The number of aliphatic carboxylic acids is 2. The molecule has 0 spiro atoms. The number of nitrogens with zero attached hydrogens (tertiary/aromatic N) is 1. The number of amides is 4. The second kappa shape index (κ2) is 21.2. The number of aliphatic hydroxyl groups excluding tert-OH is 1. The second-order valence-corrected chi connectivity index (χ2v) is 11.2. The van der Waals surface area contributed by atoms with Gasteiger partial charge >= 0.3 is 11.9 Å². The van der Waals surface area contributed by atoms with Crippen molar-refractivity contribution >= 4 is 54.0 Å². The number of hydrogen-bond donors (Lipinski definition) is 9. The van der Waals surface area contributed by atoms with Crippen molar-refractivity contribution in [3.8, 4) is 0 Å². The summed E-state index contributed by atoms with van der Waals surface area (Å²) < 4.78 is 0. The first-order chi connectivity index (χ1) is 23.3. The number of thiol groups is 1. The van der Waals surface area contributed by atoms with Crippen LogP contribution in [-0.2, 0) is 24.0 Å². The molecule has 266 valence electrons. The second-order valence-electron chi connectivity index (χ2n) is 10.8. The number of hydrogen-bond acceptors (Lipinski definition) is 11. The molecule has 2 aromatic carbocycles. The largest absolute Gasteiger partial charge is 0.480 e. The smallest absolute Gasteiger partial charge is 0.320 e. The SMILES string of the molecule is O=C(O)CN(CC(O)O)C(CCCCNC(=O)CCC(=O)NC(CS)C(=O)NCNC(=O)c1ccc(C(=O)c2ccccc2)cc1)C(=O)O. The number of rotatable bonds is 22. The molecule has 2 unspecified atom stereocenters. The van der Waals surface area contributed by atoms with Crippen molar-refractivity contribution in [2.24, 2.45) is 0 Å². The quantitative estimate of drug-likeness (QED) is 0.0321. The zero-order chi connectivity index (χ0) is 36.3. The summed E-state index contributed by atoms with van der Waals surface area (Å²) in [7, 11) is 0. The van der Waals surface area contributed by atoms with Gasteiger partial charge in [0.25, 0.3) is 5.91 Å². The van der Waals surface area contributed by atoms with E-state index in [-0.39, 0.29) is 56.0 Å². The van der Waals surface area contributed by atoms with E-state index in [0.29, 0.717) is 17.5 Å². The Morgan fingerprint density at radius 2 is 1.37 bits per heavy atom. The lowest BCUT2D eigenvalue weighted by Crippen LogP contribution is -2.50. The van der Waals surface area contributed by atoms with Crippen LogP contribution in [0.15, 0.2) is 54.6 Å². The number of nitrogens with one attached hydrogen (secondary N) is 4. The fourth-order valence-corrected chi connectivity index (χ4v) is 4.84. The van der Waals surface area contributed by atoms with Gasteiger partial charge in [0.15, 0.2) is 12.1 Å². The minimum absolute atomic E-state index is 0.00504. The monoisotopic (exact) mass is 703 g/mol. The Balaban J connectivity index is 1.68. The number of carbonyl (C=O) groups is 7. The maximum atomic E-state index is 12.5. The number of aliphatic hydroxyl groups is 2. The average Bonchev–Trinajstić information content (AvgIpc) is 3.06. The van der Waals surface area contributed by atoms with Crippen LogP contribution >= 0.6 is 12.6 Å². The van der Waals surface area contributed by atoms with Crippen LogP contribution in [0.1, 0.15) is 58.4 Å². The Kier molecular flexibility index (Phi) is 17.4. The van der Waals surface area contributed by atoms with Crippen molar-refractivity contribution in [1.29, 1.82) is 0 Å². The summed E-state index contributed by atoms with van der Waals surface area (Å²) >= 11 is 4.09. The standard InChI is InChI=1S/C32H41N5O11S/c38-25(33-15-5-4-8-24(32(47)48)37(16-27(40)41)17-28(42)43)13-14-26(39)36-23(18-49)31(46)35-19-34-30(45)22-11-9-21(10-12-22)29(44)20-6-2-1-3-7-20/h1-3,6-7,9-12,23-24,27,40-41,49H,4-5,8,13-19H2,(H,33,38)(H,34,45)(H,35,46)(H,36,39)(H,42,43)(H,47,48). The fourth-order valence-electron chi connectivity index (χ4n) is 4.58. The first-order valence-corrected chi connectivity index (χ1v) is 15.9. The van der Waals surface area contributed by atoms with Gasteiger partial charge in [0.2, 0.25) is 17.7 Å². The molecule has 0 saturated heterocycles. The molecular formula is C32H41N5O11S. The van der Waals surface area contributed by atoms with Crippen molar-refractivity contribution in [3.63, 3.8) is 0 Å². The molecule has 2 rings (SSSR count). The van der Waals surface area contributed by atoms with Crippen LogP contribution in [-0.4, -0.2) is 117 Å². The van der Waals surface area contributed by atoms with Gasteiger partial charge in [-0.3, -0.25) is 38.5 Å². The highest BCUT2D eigenvalue weighted by molar-refractivity contribution is 7.80. The van der Waals surface area contributed by atoms with Crippen LogP contribution in [0, 0.1) is 0 Å². The van der Waals surface area contributed by atoms with Gasteiger partial charge < -0.3 is 41.7 Å². The zero-order valence-corrected chi connectivity index (χ0v) is 27.4. The van der Waals surface area contributed by atoms with Crippen LogP contribution in [0.4, 0.5) is 0 Å². The van der Waals surface area contributed by atoms with Crippen molar-refractivity contribution in [3.05, 3.63) is 71.3 Å². The number of carbonyl (C=O) groups excluding carboxylic acids is 5. The number of carboxylic acids is 2. The summed E-state index contributed by atoms with van der Waals surface area (Å²) in [6.45, 7) is -1.36.